The first-order valence-electron chi connectivity index (χ1n) is 6.57. The lowest BCUT2D eigenvalue weighted by atomic mass is 10.3. The number of hydrogen-bond donors (Lipinski definition) is 1. The Hall–Kier alpha value is -1.92. The van der Waals surface area contributed by atoms with E-state index >= 15 is 0 Å². The molecule has 0 aromatic carbocycles. The molecule has 0 spiro atoms. The van der Waals surface area contributed by atoms with Crippen molar-refractivity contribution in [3.63, 3.8) is 0 Å². The van der Waals surface area contributed by atoms with Gasteiger partial charge in [0, 0.05) is 20.1 Å². The largest absolute Gasteiger partial charge is 0.364 e. The molecular weight excluding hydrogens is 246 g/mol. The second kappa shape index (κ2) is 5.81. The second-order valence-corrected chi connectivity index (χ2v) is 4.90. The van der Waals surface area contributed by atoms with Gasteiger partial charge in [0.1, 0.15) is 6.33 Å². The van der Waals surface area contributed by atoms with Gasteiger partial charge in [-0.1, -0.05) is 6.92 Å². The average molecular weight is 265 g/mol. The number of anilines is 2. The summed E-state index contributed by atoms with van der Waals surface area (Å²) in [6.45, 7) is 3.47. The second-order valence-electron chi connectivity index (χ2n) is 4.90. The number of nitrogens with one attached hydrogen (secondary N) is 1. The number of aromatic nitrogens is 2. The summed E-state index contributed by atoms with van der Waals surface area (Å²) in [6, 6.07) is 0. The van der Waals surface area contributed by atoms with Crippen LogP contribution >= 0.6 is 0 Å². The van der Waals surface area contributed by atoms with Crippen LogP contribution < -0.4 is 10.2 Å². The molecule has 0 unspecified atom stereocenters. The Bertz CT molecular complexity index is 461. The third-order valence-corrected chi connectivity index (χ3v) is 3.12. The van der Waals surface area contributed by atoms with E-state index in [2.05, 4.69) is 15.3 Å². The van der Waals surface area contributed by atoms with E-state index in [1.54, 1.807) is 0 Å². The Balaban J connectivity index is 2.26. The van der Waals surface area contributed by atoms with Gasteiger partial charge in [0.15, 0.2) is 0 Å². The van der Waals surface area contributed by atoms with E-state index in [0.29, 0.717) is 24.1 Å². The van der Waals surface area contributed by atoms with Crippen LogP contribution in [0.1, 0.15) is 26.2 Å². The lowest BCUT2D eigenvalue weighted by Crippen LogP contribution is -2.23. The van der Waals surface area contributed by atoms with Crippen molar-refractivity contribution in [2.24, 2.45) is 5.92 Å². The minimum absolute atomic E-state index is 0.0286. The zero-order chi connectivity index (χ0) is 13.8. The fraction of sp³-hybridized carbons (Fsp3) is 0.667. The Kier molecular flexibility index (Phi) is 4.13. The van der Waals surface area contributed by atoms with Crippen molar-refractivity contribution in [3.05, 3.63) is 16.4 Å². The maximum Gasteiger partial charge on any atom is 0.353 e. The van der Waals surface area contributed by atoms with E-state index in [-0.39, 0.29) is 5.69 Å². The minimum atomic E-state index is -0.406. The lowest BCUT2D eigenvalue weighted by Gasteiger charge is -2.18. The van der Waals surface area contributed by atoms with Gasteiger partial charge in [-0.05, 0) is 25.2 Å². The van der Waals surface area contributed by atoms with E-state index in [1.807, 2.05) is 18.9 Å². The van der Waals surface area contributed by atoms with E-state index in [0.717, 1.165) is 13.0 Å². The maximum atomic E-state index is 11.3. The molecule has 0 saturated heterocycles. The molecule has 2 rings (SSSR count). The highest BCUT2D eigenvalue weighted by atomic mass is 16.6. The van der Waals surface area contributed by atoms with Crippen LogP contribution in [-0.4, -0.2) is 35.0 Å². The topological polar surface area (TPSA) is 84.2 Å². The predicted octanol–water partition coefficient (Wildman–Crippen LogP) is 2.05. The van der Waals surface area contributed by atoms with Gasteiger partial charge in [0.25, 0.3) is 0 Å². The van der Waals surface area contributed by atoms with Crippen molar-refractivity contribution in [2.75, 3.05) is 30.4 Å². The van der Waals surface area contributed by atoms with Crippen LogP contribution in [0.4, 0.5) is 17.3 Å². The summed E-state index contributed by atoms with van der Waals surface area (Å²) in [7, 11) is 1.84. The monoisotopic (exact) mass is 265 g/mol. The van der Waals surface area contributed by atoms with Crippen molar-refractivity contribution in [1.29, 1.82) is 0 Å². The Morgan fingerprint density at radius 1 is 1.53 bits per heavy atom. The third kappa shape index (κ3) is 3.30. The number of rotatable bonds is 7. The zero-order valence-electron chi connectivity index (χ0n) is 11.3. The van der Waals surface area contributed by atoms with Gasteiger partial charge in [-0.15, -0.1) is 0 Å². The summed E-state index contributed by atoms with van der Waals surface area (Å²) < 4.78 is 0. The molecule has 7 nitrogen and oxygen atoms in total. The third-order valence-electron chi connectivity index (χ3n) is 3.12. The summed E-state index contributed by atoms with van der Waals surface area (Å²) in [6.07, 6.45) is 4.66. The first-order chi connectivity index (χ1) is 9.13. The summed E-state index contributed by atoms with van der Waals surface area (Å²) in [5, 5.41) is 14.3. The van der Waals surface area contributed by atoms with Crippen molar-refractivity contribution in [1.82, 2.24) is 9.97 Å². The van der Waals surface area contributed by atoms with E-state index in [9.17, 15) is 10.1 Å². The highest BCUT2D eigenvalue weighted by Gasteiger charge is 2.29. The zero-order valence-corrected chi connectivity index (χ0v) is 11.3. The summed E-state index contributed by atoms with van der Waals surface area (Å²) in [5.41, 5.74) is -0.0286. The molecule has 104 valence electrons. The Morgan fingerprint density at radius 3 is 2.84 bits per heavy atom. The van der Waals surface area contributed by atoms with Crippen LogP contribution in [0.25, 0.3) is 0 Å². The molecule has 1 heterocycles. The van der Waals surface area contributed by atoms with Crippen LogP contribution in [0.15, 0.2) is 6.33 Å². The van der Waals surface area contributed by atoms with Crippen LogP contribution in [0.2, 0.25) is 0 Å². The lowest BCUT2D eigenvalue weighted by molar-refractivity contribution is -0.383. The molecular formula is C12H19N5O2. The fourth-order valence-corrected chi connectivity index (χ4v) is 1.96. The molecule has 1 saturated carbocycles. The van der Waals surface area contributed by atoms with Gasteiger partial charge in [0.2, 0.25) is 11.6 Å². The van der Waals surface area contributed by atoms with Crippen LogP contribution in [-0.2, 0) is 0 Å². The molecule has 0 radical (unpaired) electrons. The summed E-state index contributed by atoms with van der Waals surface area (Å²) in [5.74, 6) is 1.34. The summed E-state index contributed by atoms with van der Waals surface area (Å²) in [4.78, 5) is 20.8. The van der Waals surface area contributed by atoms with Crippen LogP contribution in [0.3, 0.4) is 0 Å². The molecule has 1 aliphatic carbocycles. The molecule has 19 heavy (non-hydrogen) atoms. The van der Waals surface area contributed by atoms with Gasteiger partial charge in [-0.25, -0.2) is 9.97 Å². The molecule has 0 aliphatic heterocycles. The van der Waals surface area contributed by atoms with Gasteiger partial charge in [0.05, 0.1) is 4.92 Å². The molecule has 1 aliphatic rings. The standard InChI is InChI=1S/C12H19N5O2/c1-3-6-13-11-10(17(18)19)12(15-8-14-11)16(2)7-9-4-5-9/h8-9H,3-7H2,1-2H3,(H,13,14,15). The molecule has 1 aromatic heterocycles. The molecule has 1 fully saturated rings. The first-order valence-corrected chi connectivity index (χ1v) is 6.57. The van der Waals surface area contributed by atoms with Crippen LogP contribution in [0, 0.1) is 16.0 Å². The fourth-order valence-electron chi connectivity index (χ4n) is 1.96. The maximum absolute atomic E-state index is 11.3. The highest BCUT2D eigenvalue weighted by molar-refractivity contribution is 5.70. The molecule has 0 amide bonds. The first kappa shape index (κ1) is 13.5. The predicted molar refractivity (Wildman–Crippen MR) is 73.5 cm³/mol. The summed E-state index contributed by atoms with van der Waals surface area (Å²) >= 11 is 0. The van der Waals surface area contributed by atoms with Crippen molar-refractivity contribution in [3.8, 4) is 0 Å². The molecule has 1 N–H and O–H groups in total. The normalized spacial score (nSPS) is 14.2. The van der Waals surface area contributed by atoms with Gasteiger partial charge in [-0.3, -0.25) is 10.1 Å². The van der Waals surface area contributed by atoms with Crippen molar-refractivity contribution >= 4 is 17.3 Å². The van der Waals surface area contributed by atoms with E-state index < -0.39 is 4.92 Å². The molecule has 1 aromatic rings. The number of nitrogens with zero attached hydrogens (tertiary/aromatic N) is 4. The van der Waals surface area contributed by atoms with Crippen molar-refractivity contribution < 1.29 is 4.92 Å². The molecule has 7 heteroatoms. The smallest absolute Gasteiger partial charge is 0.353 e. The number of hydrogen-bond acceptors (Lipinski definition) is 6. The minimum Gasteiger partial charge on any atom is -0.364 e. The highest BCUT2D eigenvalue weighted by Crippen LogP contribution is 2.35. The Labute approximate surface area is 112 Å². The van der Waals surface area contributed by atoms with Crippen molar-refractivity contribution in [2.45, 2.75) is 26.2 Å². The molecule has 0 atom stereocenters. The van der Waals surface area contributed by atoms with E-state index in [4.69, 9.17) is 0 Å². The van der Waals surface area contributed by atoms with Gasteiger partial charge >= 0.3 is 5.69 Å². The van der Waals surface area contributed by atoms with Gasteiger partial charge in [-0.2, -0.15) is 0 Å². The quantitative estimate of drug-likeness (QED) is 0.600. The average Bonchev–Trinajstić information content (AvgIpc) is 3.19. The van der Waals surface area contributed by atoms with E-state index in [1.165, 1.54) is 19.2 Å². The molecule has 0 bridgehead atoms. The van der Waals surface area contributed by atoms with Gasteiger partial charge < -0.3 is 10.2 Å². The van der Waals surface area contributed by atoms with Crippen LogP contribution in [0.5, 0.6) is 0 Å². The number of nitro groups is 1. The Morgan fingerprint density at radius 2 is 2.26 bits per heavy atom. The SMILES string of the molecule is CCCNc1ncnc(N(C)CC2CC2)c1[N+](=O)[O-].